The number of halogens is 1. The quantitative estimate of drug-likeness (QED) is 0.462. The maximum absolute atomic E-state index is 12.8. The van der Waals surface area contributed by atoms with E-state index in [0.717, 1.165) is 46.9 Å². The zero-order valence-corrected chi connectivity index (χ0v) is 20.8. The molecule has 2 aromatic heterocycles. The standard InChI is InChI=1S/C24H29ClN6OS/c1-14-15(2)33-24-21(14)22(17-7-9-18(25)10-8-17)28-19(23-30-29-16(3)31(23)24)13-20(32)27-12-6-4-5-11-26/h7-10,19H,4-6,11-13,26H2,1-3H3,(H,27,32)/t19-/m0/s1. The van der Waals surface area contributed by atoms with Crippen LogP contribution in [0.15, 0.2) is 29.3 Å². The van der Waals surface area contributed by atoms with Crippen LogP contribution in [-0.2, 0) is 4.79 Å². The molecule has 3 heterocycles. The Labute approximate surface area is 203 Å². The van der Waals surface area contributed by atoms with Crippen LogP contribution in [0.3, 0.4) is 0 Å². The second-order valence-electron chi connectivity index (χ2n) is 8.31. The highest BCUT2D eigenvalue weighted by Crippen LogP contribution is 2.39. The second-order valence-corrected chi connectivity index (χ2v) is 9.95. The summed E-state index contributed by atoms with van der Waals surface area (Å²) in [5.74, 6) is 1.43. The van der Waals surface area contributed by atoms with Gasteiger partial charge in [0.15, 0.2) is 5.82 Å². The number of carbonyl (C=O) groups excluding carboxylic acids is 1. The Morgan fingerprint density at radius 3 is 2.64 bits per heavy atom. The maximum Gasteiger partial charge on any atom is 0.222 e. The topological polar surface area (TPSA) is 98.2 Å². The van der Waals surface area contributed by atoms with E-state index in [1.54, 1.807) is 11.3 Å². The van der Waals surface area contributed by atoms with E-state index >= 15 is 0 Å². The van der Waals surface area contributed by atoms with Gasteiger partial charge in [-0.3, -0.25) is 14.4 Å². The number of carbonyl (C=O) groups is 1. The van der Waals surface area contributed by atoms with Crippen LogP contribution in [0.25, 0.3) is 5.00 Å². The molecule has 0 saturated carbocycles. The summed E-state index contributed by atoms with van der Waals surface area (Å²) in [7, 11) is 0. The molecule has 4 rings (SSSR count). The number of fused-ring (bicyclic) bond motifs is 3. The fourth-order valence-electron chi connectivity index (χ4n) is 4.05. The van der Waals surface area contributed by atoms with Gasteiger partial charge in [-0.05, 0) is 57.9 Å². The van der Waals surface area contributed by atoms with Gasteiger partial charge in [-0.25, -0.2) is 0 Å². The lowest BCUT2D eigenvalue weighted by Gasteiger charge is -2.13. The minimum atomic E-state index is -0.444. The molecule has 3 aromatic rings. The number of thiophene rings is 1. The van der Waals surface area contributed by atoms with Gasteiger partial charge in [-0.1, -0.05) is 30.2 Å². The van der Waals surface area contributed by atoms with E-state index in [1.807, 2.05) is 31.2 Å². The third-order valence-corrected chi connectivity index (χ3v) is 7.38. The average Bonchev–Trinajstić information content (AvgIpc) is 3.26. The fraction of sp³-hybridized carbons (Fsp3) is 0.417. The van der Waals surface area contributed by atoms with E-state index in [0.29, 0.717) is 23.9 Å². The number of unbranched alkanes of at least 4 members (excludes halogenated alkanes) is 2. The van der Waals surface area contributed by atoms with Crippen LogP contribution in [0.2, 0.25) is 5.02 Å². The van der Waals surface area contributed by atoms with Gasteiger partial charge in [0, 0.05) is 27.6 Å². The van der Waals surface area contributed by atoms with Crippen molar-refractivity contribution in [2.75, 3.05) is 13.1 Å². The lowest BCUT2D eigenvalue weighted by Crippen LogP contribution is -2.26. The first-order valence-corrected chi connectivity index (χ1v) is 12.4. The highest BCUT2D eigenvalue weighted by molar-refractivity contribution is 7.15. The molecule has 1 aliphatic heterocycles. The Morgan fingerprint density at radius 1 is 1.15 bits per heavy atom. The van der Waals surface area contributed by atoms with E-state index in [1.165, 1.54) is 10.4 Å². The summed E-state index contributed by atoms with van der Waals surface area (Å²) in [5, 5.41) is 13.5. The number of aryl methyl sites for hydroxylation is 2. The van der Waals surface area contributed by atoms with Crippen molar-refractivity contribution in [3.05, 3.63) is 62.5 Å². The van der Waals surface area contributed by atoms with E-state index in [9.17, 15) is 4.79 Å². The van der Waals surface area contributed by atoms with E-state index in [2.05, 4.69) is 33.9 Å². The van der Waals surface area contributed by atoms with Crippen molar-refractivity contribution in [3.8, 4) is 5.00 Å². The van der Waals surface area contributed by atoms with Crippen LogP contribution in [0.5, 0.6) is 0 Å². The van der Waals surface area contributed by atoms with Crippen LogP contribution in [0.4, 0.5) is 0 Å². The van der Waals surface area contributed by atoms with Gasteiger partial charge in [-0.15, -0.1) is 21.5 Å². The molecular weight excluding hydrogens is 456 g/mol. The predicted octanol–water partition coefficient (Wildman–Crippen LogP) is 4.43. The van der Waals surface area contributed by atoms with E-state index < -0.39 is 6.04 Å². The predicted molar refractivity (Wildman–Crippen MR) is 134 cm³/mol. The smallest absolute Gasteiger partial charge is 0.222 e. The Hall–Kier alpha value is -2.55. The fourth-order valence-corrected chi connectivity index (χ4v) is 5.39. The molecule has 3 N–H and O–H groups in total. The SMILES string of the molecule is Cc1sc2c(c1C)C(c1ccc(Cl)cc1)=N[C@@H](CC(=O)NCCCCCN)c1nnc(C)n1-2. The van der Waals surface area contributed by atoms with E-state index in [-0.39, 0.29) is 12.3 Å². The lowest BCUT2D eigenvalue weighted by atomic mass is 9.99. The summed E-state index contributed by atoms with van der Waals surface area (Å²) in [5.41, 5.74) is 9.61. The van der Waals surface area contributed by atoms with Gasteiger partial charge in [0.25, 0.3) is 0 Å². The maximum atomic E-state index is 12.8. The number of nitrogens with two attached hydrogens (primary N) is 1. The summed E-state index contributed by atoms with van der Waals surface area (Å²) >= 11 is 7.85. The van der Waals surface area contributed by atoms with E-state index in [4.69, 9.17) is 22.3 Å². The van der Waals surface area contributed by atoms with Crippen LogP contribution >= 0.6 is 22.9 Å². The molecular formula is C24H29ClN6OS. The first-order chi connectivity index (χ1) is 15.9. The Morgan fingerprint density at radius 2 is 1.91 bits per heavy atom. The number of aliphatic imine (C=N–C) groups is 1. The van der Waals surface area contributed by atoms with Crippen LogP contribution in [0, 0.1) is 20.8 Å². The molecule has 1 atom stereocenters. The van der Waals surface area contributed by atoms with Crippen molar-refractivity contribution in [3.63, 3.8) is 0 Å². The minimum Gasteiger partial charge on any atom is -0.356 e. The molecule has 1 amide bonds. The number of rotatable bonds is 8. The zero-order valence-electron chi connectivity index (χ0n) is 19.2. The largest absolute Gasteiger partial charge is 0.356 e. The van der Waals surface area contributed by atoms with Gasteiger partial charge in [0.2, 0.25) is 5.91 Å². The Bertz CT molecular complexity index is 1180. The van der Waals surface area contributed by atoms with Crippen molar-refractivity contribution in [2.45, 2.75) is 52.5 Å². The molecule has 33 heavy (non-hydrogen) atoms. The number of nitrogens with zero attached hydrogens (tertiary/aromatic N) is 4. The molecule has 1 aliphatic rings. The summed E-state index contributed by atoms with van der Waals surface area (Å²) in [6, 6.07) is 7.25. The van der Waals surface area contributed by atoms with Crippen molar-refractivity contribution in [1.29, 1.82) is 0 Å². The van der Waals surface area contributed by atoms with Gasteiger partial charge in [0.05, 0.1) is 12.1 Å². The van der Waals surface area contributed by atoms with Gasteiger partial charge >= 0.3 is 0 Å². The number of benzene rings is 1. The minimum absolute atomic E-state index is 0.0442. The molecule has 174 valence electrons. The lowest BCUT2D eigenvalue weighted by molar-refractivity contribution is -0.121. The van der Waals surface area contributed by atoms with Crippen LogP contribution < -0.4 is 11.1 Å². The van der Waals surface area contributed by atoms with Crippen molar-refractivity contribution in [1.82, 2.24) is 20.1 Å². The number of amides is 1. The molecule has 0 unspecified atom stereocenters. The highest BCUT2D eigenvalue weighted by atomic mass is 35.5. The Balaban J connectivity index is 1.73. The number of hydrogen-bond acceptors (Lipinski definition) is 6. The molecule has 0 saturated heterocycles. The molecule has 0 spiro atoms. The van der Waals surface area contributed by atoms with Crippen molar-refractivity contribution in [2.24, 2.45) is 10.7 Å². The second kappa shape index (κ2) is 10.2. The monoisotopic (exact) mass is 484 g/mol. The summed E-state index contributed by atoms with van der Waals surface area (Å²) in [6.45, 7) is 7.48. The molecule has 0 fully saturated rings. The van der Waals surface area contributed by atoms with Gasteiger partial charge < -0.3 is 11.1 Å². The van der Waals surface area contributed by atoms with Crippen LogP contribution in [-0.4, -0.2) is 39.5 Å². The number of nitrogens with one attached hydrogen (secondary N) is 1. The first kappa shape index (κ1) is 23.6. The highest BCUT2D eigenvalue weighted by Gasteiger charge is 2.32. The number of aromatic nitrogens is 3. The van der Waals surface area contributed by atoms with Crippen molar-refractivity contribution < 1.29 is 4.79 Å². The molecule has 1 aromatic carbocycles. The van der Waals surface area contributed by atoms with Crippen LogP contribution in [0.1, 0.15) is 64.9 Å². The summed E-state index contributed by atoms with van der Waals surface area (Å²) < 4.78 is 2.06. The molecule has 0 bridgehead atoms. The zero-order chi connectivity index (χ0) is 23.5. The number of hydrogen-bond donors (Lipinski definition) is 2. The first-order valence-electron chi connectivity index (χ1n) is 11.2. The average molecular weight is 485 g/mol. The molecule has 9 heteroatoms. The normalized spacial score (nSPS) is 14.9. The molecule has 0 radical (unpaired) electrons. The third-order valence-electron chi connectivity index (χ3n) is 5.94. The molecule has 7 nitrogen and oxygen atoms in total. The van der Waals surface area contributed by atoms with Gasteiger partial charge in [0.1, 0.15) is 16.9 Å². The van der Waals surface area contributed by atoms with Gasteiger partial charge in [-0.2, -0.15) is 0 Å². The summed E-state index contributed by atoms with van der Waals surface area (Å²) in [6.07, 6.45) is 3.10. The Kier molecular flexibility index (Phi) is 7.26. The van der Waals surface area contributed by atoms with Crippen molar-refractivity contribution >= 4 is 34.6 Å². The summed E-state index contributed by atoms with van der Waals surface area (Å²) in [4.78, 5) is 19.2. The third kappa shape index (κ3) is 4.88. The molecule has 0 aliphatic carbocycles.